The minimum absolute atomic E-state index is 0.129. The molecule has 0 aromatic heterocycles. The zero-order valence-corrected chi connectivity index (χ0v) is 16.0. The van der Waals surface area contributed by atoms with Gasteiger partial charge in [0.15, 0.2) is 0 Å². The van der Waals surface area contributed by atoms with Crippen molar-refractivity contribution in [2.24, 2.45) is 16.2 Å². The average molecular weight is 357 g/mol. The summed E-state index contributed by atoms with van der Waals surface area (Å²) in [5.41, 5.74) is -0.544. The highest BCUT2D eigenvalue weighted by Gasteiger charge is 2.72. The summed E-state index contributed by atoms with van der Waals surface area (Å²) in [6.45, 7) is 8.35. The molecule has 1 amide bonds. The second-order valence-electron chi connectivity index (χ2n) is 8.31. The summed E-state index contributed by atoms with van der Waals surface area (Å²) in [7, 11) is 0. The maximum absolute atomic E-state index is 13.2. The van der Waals surface area contributed by atoms with Gasteiger partial charge in [0, 0.05) is 17.5 Å². The fourth-order valence-corrected chi connectivity index (χ4v) is 4.61. The predicted molar refractivity (Wildman–Crippen MR) is 98.8 cm³/mol. The van der Waals surface area contributed by atoms with E-state index in [0.717, 1.165) is 12.8 Å². The molecular formula is C21H27NO4. The summed E-state index contributed by atoms with van der Waals surface area (Å²) in [5.74, 6) is -0.345. The van der Waals surface area contributed by atoms with Crippen LogP contribution in [0.25, 0.3) is 0 Å². The second-order valence-corrected chi connectivity index (χ2v) is 8.31. The third-order valence-corrected chi connectivity index (χ3v) is 6.93. The van der Waals surface area contributed by atoms with Gasteiger partial charge in [0.05, 0.1) is 17.6 Å². The summed E-state index contributed by atoms with van der Waals surface area (Å²) in [5, 5.41) is 2.95. The monoisotopic (exact) mass is 357 g/mol. The number of Topliss-reactive ketones (excluding diaryl/α,β-unsaturated/α-hetero) is 1. The topological polar surface area (TPSA) is 72.5 Å². The van der Waals surface area contributed by atoms with Crippen LogP contribution in [-0.2, 0) is 14.3 Å². The molecule has 2 aliphatic rings. The summed E-state index contributed by atoms with van der Waals surface area (Å²) >= 11 is 0. The van der Waals surface area contributed by atoms with Gasteiger partial charge >= 0.3 is 5.97 Å². The van der Waals surface area contributed by atoms with Gasteiger partial charge in [-0.1, -0.05) is 33.8 Å². The Morgan fingerprint density at radius 2 is 1.92 bits per heavy atom. The molecule has 1 aromatic rings. The standard InChI is InChI=1S/C21H27NO4/c1-5-11-26-17(24)14-7-6-8-15(12-14)22-18(25)21-10-9-20(4,16(23)13-21)19(21,2)3/h6-8,12H,5,9-11,13H2,1-4H3,(H,22,25)/t20-,21-/m1/s1. The van der Waals surface area contributed by atoms with E-state index in [2.05, 4.69) is 5.32 Å². The van der Waals surface area contributed by atoms with Crippen molar-refractivity contribution in [3.05, 3.63) is 29.8 Å². The van der Waals surface area contributed by atoms with Crippen molar-refractivity contribution < 1.29 is 19.1 Å². The van der Waals surface area contributed by atoms with E-state index in [1.807, 2.05) is 27.7 Å². The first-order valence-corrected chi connectivity index (χ1v) is 9.30. The van der Waals surface area contributed by atoms with Gasteiger partial charge in [-0.2, -0.15) is 0 Å². The molecule has 0 aliphatic heterocycles. The Hall–Kier alpha value is -2.17. The fraction of sp³-hybridized carbons (Fsp3) is 0.571. The van der Waals surface area contributed by atoms with Crippen LogP contribution in [0.4, 0.5) is 5.69 Å². The van der Waals surface area contributed by atoms with Crippen LogP contribution in [0.15, 0.2) is 24.3 Å². The third-order valence-electron chi connectivity index (χ3n) is 6.93. The fourth-order valence-electron chi connectivity index (χ4n) is 4.61. The number of carbonyl (C=O) groups is 3. The molecule has 1 N–H and O–H groups in total. The maximum atomic E-state index is 13.2. The first kappa shape index (κ1) is 18.6. The van der Waals surface area contributed by atoms with Crippen LogP contribution in [-0.4, -0.2) is 24.3 Å². The number of ketones is 1. The molecule has 2 atom stereocenters. The molecule has 3 rings (SSSR count). The largest absolute Gasteiger partial charge is 0.462 e. The number of rotatable bonds is 5. The summed E-state index contributed by atoms with van der Waals surface area (Å²) in [6, 6.07) is 6.77. The Bertz CT molecular complexity index is 769. The zero-order valence-electron chi connectivity index (χ0n) is 16.0. The number of nitrogens with one attached hydrogen (secondary N) is 1. The normalized spacial score (nSPS) is 28.8. The number of hydrogen-bond donors (Lipinski definition) is 1. The molecule has 0 heterocycles. The molecule has 1 aromatic carbocycles. The quantitative estimate of drug-likeness (QED) is 0.809. The van der Waals surface area contributed by atoms with E-state index in [0.29, 0.717) is 30.7 Å². The lowest BCUT2D eigenvalue weighted by molar-refractivity contribution is -0.131. The van der Waals surface area contributed by atoms with E-state index < -0.39 is 22.2 Å². The Balaban J connectivity index is 1.81. The minimum Gasteiger partial charge on any atom is -0.462 e. The maximum Gasteiger partial charge on any atom is 0.338 e. The molecule has 5 heteroatoms. The van der Waals surface area contributed by atoms with Crippen molar-refractivity contribution in [3.63, 3.8) is 0 Å². The highest BCUT2D eigenvalue weighted by atomic mass is 16.5. The van der Waals surface area contributed by atoms with E-state index >= 15 is 0 Å². The zero-order chi connectivity index (χ0) is 19.2. The molecule has 0 saturated heterocycles. The van der Waals surface area contributed by atoms with Crippen LogP contribution in [0, 0.1) is 16.2 Å². The summed E-state index contributed by atoms with van der Waals surface area (Å²) in [6.07, 6.45) is 2.51. The lowest BCUT2D eigenvalue weighted by Gasteiger charge is -2.38. The van der Waals surface area contributed by atoms with Crippen molar-refractivity contribution in [1.82, 2.24) is 0 Å². The molecule has 2 bridgehead atoms. The number of esters is 1. The van der Waals surface area contributed by atoms with Crippen LogP contribution in [0.5, 0.6) is 0 Å². The van der Waals surface area contributed by atoms with Gasteiger partial charge in [-0.05, 0) is 42.9 Å². The van der Waals surface area contributed by atoms with Crippen molar-refractivity contribution >= 4 is 23.3 Å². The van der Waals surface area contributed by atoms with Crippen molar-refractivity contribution in [2.45, 2.75) is 53.4 Å². The number of ether oxygens (including phenoxy) is 1. The highest BCUT2D eigenvalue weighted by molar-refractivity contribution is 6.05. The van der Waals surface area contributed by atoms with Crippen molar-refractivity contribution in [3.8, 4) is 0 Å². The van der Waals surface area contributed by atoms with Crippen LogP contribution in [0.3, 0.4) is 0 Å². The highest BCUT2D eigenvalue weighted by Crippen LogP contribution is 2.70. The molecule has 5 nitrogen and oxygen atoms in total. The number of amides is 1. The number of hydrogen-bond acceptors (Lipinski definition) is 4. The Labute approximate surface area is 154 Å². The first-order chi connectivity index (χ1) is 12.2. The molecule has 0 unspecified atom stereocenters. The first-order valence-electron chi connectivity index (χ1n) is 9.30. The van der Waals surface area contributed by atoms with Gasteiger partial charge in [-0.3, -0.25) is 9.59 Å². The minimum atomic E-state index is -0.683. The SMILES string of the molecule is CCCOC(=O)c1cccc(NC(=O)[C@@]23CC[C@](C)(C(=O)C2)C3(C)C)c1. The third kappa shape index (κ3) is 2.48. The van der Waals surface area contributed by atoms with E-state index in [1.54, 1.807) is 24.3 Å². The van der Waals surface area contributed by atoms with Crippen LogP contribution in [0.1, 0.15) is 63.7 Å². The Morgan fingerprint density at radius 1 is 1.19 bits per heavy atom. The molecule has 140 valence electrons. The predicted octanol–water partition coefficient (Wildman–Crippen LogP) is 3.98. The van der Waals surface area contributed by atoms with E-state index in [1.165, 1.54) is 0 Å². The summed E-state index contributed by atoms with van der Waals surface area (Å²) < 4.78 is 5.15. The van der Waals surface area contributed by atoms with Gasteiger partial charge in [-0.25, -0.2) is 4.79 Å². The van der Waals surface area contributed by atoms with E-state index in [-0.39, 0.29) is 11.7 Å². The van der Waals surface area contributed by atoms with Crippen LogP contribution in [0.2, 0.25) is 0 Å². The molecular weight excluding hydrogens is 330 g/mol. The molecule has 26 heavy (non-hydrogen) atoms. The second kappa shape index (κ2) is 6.22. The van der Waals surface area contributed by atoms with Crippen molar-refractivity contribution in [1.29, 1.82) is 0 Å². The molecule has 0 radical (unpaired) electrons. The van der Waals surface area contributed by atoms with Gasteiger partial charge in [0.25, 0.3) is 0 Å². The van der Waals surface area contributed by atoms with Gasteiger partial charge in [0.1, 0.15) is 5.78 Å². The average Bonchev–Trinajstić information content (AvgIpc) is 2.90. The lowest BCUT2D eigenvalue weighted by atomic mass is 9.64. The van der Waals surface area contributed by atoms with E-state index in [9.17, 15) is 14.4 Å². The molecule has 0 spiro atoms. The smallest absolute Gasteiger partial charge is 0.338 e. The van der Waals surface area contributed by atoms with Crippen LogP contribution < -0.4 is 5.32 Å². The van der Waals surface area contributed by atoms with Gasteiger partial charge in [0.2, 0.25) is 5.91 Å². The Kier molecular flexibility index (Phi) is 4.45. The number of anilines is 1. The summed E-state index contributed by atoms with van der Waals surface area (Å²) in [4.78, 5) is 37.7. The molecule has 2 saturated carbocycles. The molecule has 2 fully saturated rings. The van der Waals surface area contributed by atoms with Gasteiger partial charge < -0.3 is 10.1 Å². The Morgan fingerprint density at radius 3 is 2.50 bits per heavy atom. The number of carbonyl (C=O) groups excluding carboxylic acids is 3. The van der Waals surface area contributed by atoms with Crippen molar-refractivity contribution in [2.75, 3.05) is 11.9 Å². The number of benzene rings is 1. The molecule has 2 aliphatic carbocycles. The van der Waals surface area contributed by atoms with E-state index in [4.69, 9.17) is 4.74 Å². The van der Waals surface area contributed by atoms with Gasteiger partial charge in [-0.15, -0.1) is 0 Å². The van der Waals surface area contributed by atoms with Crippen LogP contribution >= 0.6 is 0 Å². The number of fused-ring (bicyclic) bond motifs is 2. The lowest BCUT2D eigenvalue weighted by Crippen LogP contribution is -2.43.